The Morgan fingerprint density at radius 3 is 2.41 bits per heavy atom. The van der Waals surface area contributed by atoms with Crippen molar-refractivity contribution in [1.29, 1.82) is 0 Å². The Morgan fingerprint density at radius 1 is 1.35 bits per heavy atom. The summed E-state index contributed by atoms with van der Waals surface area (Å²) in [5, 5.41) is 0. The van der Waals surface area contributed by atoms with E-state index in [0.29, 0.717) is 5.56 Å². The third kappa shape index (κ3) is 4.44. The second-order valence-electron chi connectivity index (χ2n) is 3.26. The maximum atomic E-state index is 11.2. The molecule has 1 aromatic rings. The van der Waals surface area contributed by atoms with Gasteiger partial charge in [-0.1, -0.05) is 28.1 Å². The zero-order valence-corrected chi connectivity index (χ0v) is 10.8. The fourth-order valence-electron chi connectivity index (χ4n) is 1.28. The Bertz CT molecular complexity index is 404. The van der Waals surface area contributed by atoms with Gasteiger partial charge in [-0.25, -0.2) is 4.79 Å². The van der Waals surface area contributed by atoms with Crippen molar-refractivity contribution in [1.82, 2.24) is 0 Å². The monoisotopic (exact) mass is 301 g/mol. The van der Waals surface area contributed by atoms with Gasteiger partial charge in [-0.2, -0.15) is 0 Å². The van der Waals surface area contributed by atoms with Gasteiger partial charge in [0, 0.05) is 4.47 Å². The maximum Gasteiger partial charge on any atom is 0.405 e. The molecule has 0 radical (unpaired) electrons. The van der Waals surface area contributed by atoms with Crippen LogP contribution in [0.15, 0.2) is 28.7 Å². The molecule has 1 amide bonds. The average Bonchev–Trinajstić information content (AvgIpc) is 2.28. The summed E-state index contributed by atoms with van der Waals surface area (Å²) in [5.41, 5.74) is 5.63. The van der Waals surface area contributed by atoms with Gasteiger partial charge in [0.15, 0.2) is 0 Å². The number of rotatable bonds is 4. The summed E-state index contributed by atoms with van der Waals surface area (Å²) in [4.78, 5) is 21.9. The summed E-state index contributed by atoms with van der Waals surface area (Å²) >= 11 is 3.29. The molecule has 0 saturated heterocycles. The lowest BCUT2D eigenvalue weighted by atomic mass is 10.1. The van der Waals surface area contributed by atoms with Crippen molar-refractivity contribution in [3.8, 4) is 0 Å². The van der Waals surface area contributed by atoms with Crippen molar-refractivity contribution in [2.75, 3.05) is 7.11 Å². The Morgan fingerprint density at radius 2 is 1.94 bits per heavy atom. The number of nitrogens with two attached hydrogens (primary N) is 1. The van der Waals surface area contributed by atoms with E-state index in [2.05, 4.69) is 20.7 Å². The van der Waals surface area contributed by atoms with E-state index in [1.54, 1.807) is 24.3 Å². The van der Waals surface area contributed by atoms with Crippen LogP contribution in [0.3, 0.4) is 0 Å². The number of methoxy groups -OCH3 is 1. The second kappa shape index (κ2) is 6.24. The van der Waals surface area contributed by atoms with Crippen LogP contribution < -0.4 is 5.73 Å². The predicted octanol–water partition coefficient (Wildman–Crippen LogP) is 2.15. The fourth-order valence-corrected chi connectivity index (χ4v) is 1.54. The van der Waals surface area contributed by atoms with E-state index >= 15 is 0 Å². The lowest BCUT2D eigenvalue weighted by molar-refractivity contribution is -0.142. The van der Waals surface area contributed by atoms with E-state index in [0.717, 1.165) is 4.47 Å². The first-order valence-corrected chi connectivity index (χ1v) is 5.60. The van der Waals surface area contributed by atoms with Crippen molar-refractivity contribution in [2.24, 2.45) is 5.73 Å². The number of hydrogen-bond donors (Lipinski definition) is 1. The van der Waals surface area contributed by atoms with Crippen molar-refractivity contribution in [3.05, 3.63) is 34.3 Å². The lowest BCUT2D eigenvalue weighted by Gasteiger charge is -2.15. The number of primary amides is 1. The minimum absolute atomic E-state index is 0.0684. The van der Waals surface area contributed by atoms with Crippen LogP contribution in [0.2, 0.25) is 0 Å². The van der Waals surface area contributed by atoms with Gasteiger partial charge in [-0.05, 0) is 17.7 Å². The van der Waals surface area contributed by atoms with Crippen LogP contribution in [0.1, 0.15) is 18.1 Å². The standard InChI is InChI=1S/C11H12BrNO4/c1-16-10(14)6-9(17-11(13)15)7-2-4-8(12)5-3-7/h2-5,9H,6H2,1H3,(H2,13,15). The van der Waals surface area contributed by atoms with Gasteiger partial charge in [-0.3, -0.25) is 4.79 Å². The van der Waals surface area contributed by atoms with Gasteiger partial charge in [-0.15, -0.1) is 0 Å². The number of benzene rings is 1. The summed E-state index contributed by atoms with van der Waals surface area (Å²) < 4.78 is 10.3. The topological polar surface area (TPSA) is 78.6 Å². The first kappa shape index (κ1) is 13.5. The summed E-state index contributed by atoms with van der Waals surface area (Å²) in [6, 6.07) is 7.04. The summed E-state index contributed by atoms with van der Waals surface area (Å²) in [6.45, 7) is 0. The number of carbonyl (C=O) groups excluding carboxylic acids is 2. The molecule has 1 unspecified atom stereocenters. The van der Waals surface area contributed by atoms with E-state index in [4.69, 9.17) is 10.5 Å². The van der Waals surface area contributed by atoms with Crippen LogP contribution in [0, 0.1) is 0 Å². The molecule has 0 bridgehead atoms. The smallest absolute Gasteiger partial charge is 0.405 e. The third-order valence-corrected chi connectivity index (χ3v) is 2.61. The minimum Gasteiger partial charge on any atom is -0.469 e. The molecule has 1 atom stereocenters. The Labute approximate surface area is 107 Å². The van der Waals surface area contributed by atoms with E-state index in [9.17, 15) is 9.59 Å². The SMILES string of the molecule is COC(=O)CC(OC(N)=O)c1ccc(Br)cc1. The predicted molar refractivity (Wildman–Crippen MR) is 64.2 cm³/mol. The van der Waals surface area contributed by atoms with Gasteiger partial charge >= 0.3 is 12.1 Å². The molecular weight excluding hydrogens is 290 g/mol. The highest BCUT2D eigenvalue weighted by molar-refractivity contribution is 9.10. The highest BCUT2D eigenvalue weighted by atomic mass is 79.9. The van der Waals surface area contributed by atoms with Crippen molar-refractivity contribution in [2.45, 2.75) is 12.5 Å². The molecule has 0 aromatic heterocycles. The molecule has 0 aliphatic heterocycles. The van der Waals surface area contributed by atoms with Crippen molar-refractivity contribution in [3.63, 3.8) is 0 Å². The van der Waals surface area contributed by atoms with Gasteiger partial charge in [0.05, 0.1) is 13.5 Å². The Balaban J connectivity index is 2.85. The number of hydrogen-bond acceptors (Lipinski definition) is 4. The number of ether oxygens (including phenoxy) is 2. The van der Waals surface area contributed by atoms with Crippen LogP contribution in [-0.4, -0.2) is 19.2 Å². The number of amides is 1. The van der Waals surface area contributed by atoms with E-state index in [-0.39, 0.29) is 6.42 Å². The molecule has 0 spiro atoms. The highest BCUT2D eigenvalue weighted by Gasteiger charge is 2.19. The Kier molecular flexibility index (Phi) is 4.96. The van der Waals surface area contributed by atoms with Crippen LogP contribution >= 0.6 is 15.9 Å². The van der Waals surface area contributed by atoms with Gasteiger partial charge in [0.2, 0.25) is 0 Å². The molecule has 0 aliphatic carbocycles. The molecule has 1 rings (SSSR count). The zero-order chi connectivity index (χ0) is 12.8. The van der Waals surface area contributed by atoms with Gasteiger partial charge in [0.1, 0.15) is 6.10 Å². The molecule has 0 saturated carbocycles. The fraction of sp³-hybridized carbons (Fsp3) is 0.273. The van der Waals surface area contributed by atoms with Crippen LogP contribution in [-0.2, 0) is 14.3 Å². The first-order valence-electron chi connectivity index (χ1n) is 4.81. The largest absolute Gasteiger partial charge is 0.469 e. The molecule has 1 aromatic carbocycles. The van der Waals surface area contributed by atoms with Crippen LogP contribution in [0.25, 0.3) is 0 Å². The van der Waals surface area contributed by atoms with Gasteiger partial charge < -0.3 is 15.2 Å². The Hall–Kier alpha value is -1.56. The molecule has 92 valence electrons. The minimum atomic E-state index is -0.929. The van der Waals surface area contributed by atoms with Crippen LogP contribution in [0.5, 0.6) is 0 Å². The zero-order valence-electron chi connectivity index (χ0n) is 9.18. The second-order valence-corrected chi connectivity index (χ2v) is 4.17. The van der Waals surface area contributed by atoms with Crippen LogP contribution in [0.4, 0.5) is 4.79 Å². The molecule has 5 nitrogen and oxygen atoms in total. The average molecular weight is 302 g/mol. The summed E-state index contributed by atoms with van der Waals surface area (Å²) in [5.74, 6) is -0.473. The summed E-state index contributed by atoms with van der Waals surface area (Å²) in [7, 11) is 1.27. The molecule has 2 N–H and O–H groups in total. The molecule has 0 fully saturated rings. The molecule has 6 heteroatoms. The first-order chi connectivity index (χ1) is 8.02. The van der Waals surface area contributed by atoms with Crippen molar-refractivity contribution < 1.29 is 19.1 Å². The molecule has 17 heavy (non-hydrogen) atoms. The van der Waals surface area contributed by atoms with Crippen molar-refractivity contribution >= 4 is 28.0 Å². The number of carbonyl (C=O) groups is 2. The number of halogens is 1. The van der Waals surface area contributed by atoms with Gasteiger partial charge in [0.25, 0.3) is 0 Å². The molecular formula is C11H12BrNO4. The lowest BCUT2D eigenvalue weighted by Crippen LogP contribution is -2.20. The molecule has 0 heterocycles. The summed E-state index contributed by atoms with van der Waals surface area (Å²) in [6.07, 6.45) is -1.73. The van der Waals surface area contributed by atoms with E-state index < -0.39 is 18.2 Å². The third-order valence-electron chi connectivity index (χ3n) is 2.08. The number of esters is 1. The highest BCUT2D eigenvalue weighted by Crippen LogP contribution is 2.23. The normalized spacial score (nSPS) is 11.6. The van der Waals surface area contributed by atoms with E-state index in [1.807, 2.05) is 0 Å². The maximum absolute atomic E-state index is 11.2. The van der Waals surface area contributed by atoms with E-state index in [1.165, 1.54) is 7.11 Å². The quantitative estimate of drug-likeness (QED) is 0.864. The molecule has 0 aliphatic rings.